The summed E-state index contributed by atoms with van der Waals surface area (Å²) in [5.41, 5.74) is 4.41. The molecule has 2 aromatic rings. The fraction of sp³-hybridized carbons (Fsp3) is 0.222. The number of benzene rings is 1. The summed E-state index contributed by atoms with van der Waals surface area (Å²) in [6, 6.07) is 4.06. The highest BCUT2D eigenvalue weighted by Crippen LogP contribution is 2.20. The second-order valence-corrected chi connectivity index (χ2v) is 3.29. The van der Waals surface area contributed by atoms with Crippen molar-refractivity contribution in [3.05, 3.63) is 28.5 Å². The van der Waals surface area contributed by atoms with E-state index in [0.717, 1.165) is 11.0 Å². The summed E-state index contributed by atoms with van der Waals surface area (Å²) in [6.45, 7) is 4.12. The molecule has 2 rings (SSSR count). The fourth-order valence-electron chi connectivity index (χ4n) is 1.28. The summed E-state index contributed by atoms with van der Waals surface area (Å²) in [7, 11) is 0. The molecule has 0 spiro atoms. The molecule has 0 saturated carbocycles. The standard InChI is InChI=1S/C9H9ClN2/c1-5-3-4-7-8(6(5)2)12-9(10)11-7/h3-4H,1-2H3,(H,11,12). The van der Waals surface area contributed by atoms with Gasteiger partial charge in [0, 0.05) is 0 Å². The molecule has 3 heteroatoms. The number of aromatic nitrogens is 2. The Morgan fingerprint density at radius 2 is 2.08 bits per heavy atom. The Balaban J connectivity index is 2.89. The van der Waals surface area contributed by atoms with Crippen LogP contribution in [0.4, 0.5) is 0 Å². The van der Waals surface area contributed by atoms with E-state index in [1.54, 1.807) is 0 Å². The lowest BCUT2D eigenvalue weighted by Crippen LogP contribution is -1.81. The highest BCUT2D eigenvalue weighted by molar-refractivity contribution is 6.29. The zero-order chi connectivity index (χ0) is 8.72. The lowest BCUT2D eigenvalue weighted by atomic mass is 10.1. The SMILES string of the molecule is Cc1ccc2[nH]c(Cl)nc2c1C. The van der Waals surface area contributed by atoms with Crippen LogP contribution in [0.15, 0.2) is 12.1 Å². The average Bonchev–Trinajstić information content (AvgIpc) is 2.39. The number of imidazole rings is 1. The summed E-state index contributed by atoms with van der Waals surface area (Å²) in [5.74, 6) is 0. The third-order valence-corrected chi connectivity index (χ3v) is 2.33. The van der Waals surface area contributed by atoms with Gasteiger partial charge in [0.15, 0.2) is 0 Å². The molecule has 0 amide bonds. The number of hydrogen-bond acceptors (Lipinski definition) is 1. The number of hydrogen-bond donors (Lipinski definition) is 1. The first-order chi connectivity index (χ1) is 5.68. The summed E-state index contributed by atoms with van der Waals surface area (Å²) in [5, 5.41) is 0.457. The zero-order valence-corrected chi connectivity index (χ0v) is 7.74. The van der Waals surface area contributed by atoms with Crippen molar-refractivity contribution in [3.63, 3.8) is 0 Å². The lowest BCUT2D eigenvalue weighted by Gasteiger charge is -1.97. The van der Waals surface area contributed by atoms with Gasteiger partial charge in [0.1, 0.15) is 0 Å². The van der Waals surface area contributed by atoms with Gasteiger partial charge in [-0.3, -0.25) is 0 Å². The fourth-order valence-corrected chi connectivity index (χ4v) is 1.47. The molecule has 0 saturated heterocycles. The first kappa shape index (κ1) is 7.62. The minimum absolute atomic E-state index is 0.457. The molecule has 0 aliphatic rings. The minimum atomic E-state index is 0.457. The number of H-pyrrole nitrogens is 1. The molecule has 0 bridgehead atoms. The van der Waals surface area contributed by atoms with Crippen LogP contribution in [-0.2, 0) is 0 Å². The third-order valence-electron chi connectivity index (χ3n) is 2.15. The number of rotatable bonds is 0. The predicted molar refractivity (Wildman–Crippen MR) is 50.6 cm³/mol. The van der Waals surface area contributed by atoms with Crippen LogP contribution < -0.4 is 0 Å². The predicted octanol–water partition coefficient (Wildman–Crippen LogP) is 2.83. The summed E-state index contributed by atoms with van der Waals surface area (Å²) < 4.78 is 0. The largest absolute Gasteiger partial charge is 0.329 e. The molecular formula is C9H9ClN2. The van der Waals surface area contributed by atoms with Crippen LogP contribution >= 0.6 is 11.6 Å². The zero-order valence-electron chi connectivity index (χ0n) is 6.98. The van der Waals surface area contributed by atoms with Crippen molar-refractivity contribution >= 4 is 22.6 Å². The Kier molecular flexibility index (Phi) is 1.58. The number of halogens is 1. The Morgan fingerprint density at radius 1 is 1.33 bits per heavy atom. The van der Waals surface area contributed by atoms with Crippen molar-refractivity contribution in [2.45, 2.75) is 13.8 Å². The van der Waals surface area contributed by atoms with Gasteiger partial charge in [0.05, 0.1) is 11.0 Å². The van der Waals surface area contributed by atoms with Gasteiger partial charge in [-0.05, 0) is 42.6 Å². The first-order valence-corrected chi connectivity index (χ1v) is 4.17. The first-order valence-electron chi connectivity index (χ1n) is 3.80. The number of fused-ring (bicyclic) bond motifs is 1. The van der Waals surface area contributed by atoms with E-state index >= 15 is 0 Å². The second-order valence-electron chi connectivity index (χ2n) is 2.93. The Bertz CT molecular complexity index is 431. The quantitative estimate of drug-likeness (QED) is 0.664. The van der Waals surface area contributed by atoms with Crippen LogP contribution in [-0.4, -0.2) is 9.97 Å². The molecule has 0 aliphatic heterocycles. The highest BCUT2D eigenvalue weighted by atomic mass is 35.5. The third kappa shape index (κ3) is 0.994. The van der Waals surface area contributed by atoms with E-state index in [1.807, 2.05) is 6.07 Å². The van der Waals surface area contributed by atoms with Gasteiger partial charge in [-0.2, -0.15) is 0 Å². The van der Waals surface area contributed by atoms with Crippen LogP contribution in [0.5, 0.6) is 0 Å². The highest BCUT2D eigenvalue weighted by Gasteiger charge is 2.04. The molecule has 0 fully saturated rings. The maximum absolute atomic E-state index is 5.74. The number of aryl methyl sites for hydroxylation is 2. The van der Waals surface area contributed by atoms with E-state index < -0.39 is 0 Å². The van der Waals surface area contributed by atoms with Crippen LogP contribution in [0.1, 0.15) is 11.1 Å². The molecule has 0 unspecified atom stereocenters. The van der Waals surface area contributed by atoms with Gasteiger partial charge >= 0.3 is 0 Å². The van der Waals surface area contributed by atoms with Crippen LogP contribution in [0.3, 0.4) is 0 Å². The van der Waals surface area contributed by atoms with Crippen molar-refractivity contribution in [3.8, 4) is 0 Å². The van der Waals surface area contributed by atoms with Crippen molar-refractivity contribution in [2.24, 2.45) is 0 Å². The van der Waals surface area contributed by atoms with Crippen LogP contribution in [0, 0.1) is 13.8 Å². The van der Waals surface area contributed by atoms with E-state index in [4.69, 9.17) is 11.6 Å². The van der Waals surface area contributed by atoms with Crippen molar-refractivity contribution in [1.29, 1.82) is 0 Å². The maximum atomic E-state index is 5.74. The molecular weight excluding hydrogens is 172 g/mol. The Labute approximate surface area is 75.6 Å². The molecule has 62 valence electrons. The van der Waals surface area contributed by atoms with Gasteiger partial charge in [-0.25, -0.2) is 4.98 Å². The van der Waals surface area contributed by atoms with Gasteiger partial charge in [-0.15, -0.1) is 0 Å². The smallest absolute Gasteiger partial charge is 0.201 e. The van der Waals surface area contributed by atoms with Gasteiger partial charge in [0.25, 0.3) is 0 Å². The van der Waals surface area contributed by atoms with Gasteiger partial charge < -0.3 is 4.98 Å². The average molecular weight is 181 g/mol. The van der Waals surface area contributed by atoms with Gasteiger partial charge in [-0.1, -0.05) is 6.07 Å². The molecule has 2 nitrogen and oxygen atoms in total. The molecule has 0 aliphatic carbocycles. The summed E-state index contributed by atoms with van der Waals surface area (Å²) in [6.07, 6.45) is 0. The number of aromatic amines is 1. The molecule has 1 N–H and O–H groups in total. The van der Waals surface area contributed by atoms with E-state index in [1.165, 1.54) is 11.1 Å². The van der Waals surface area contributed by atoms with Crippen molar-refractivity contribution < 1.29 is 0 Å². The molecule has 0 radical (unpaired) electrons. The van der Waals surface area contributed by atoms with Crippen LogP contribution in [0.2, 0.25) is 5.28 Å². The van der Waals surface area contributed by atoms with E-state index in [2.05, 4.69) is 29.9 Å². The van der Waals surface area contributed by atoms with Crippen LogP contribution in [0.25, 0.3) is 11.0 Å². The molecule has 1 aromatic carbocycles. The second kappa shape index (κ2) is 2.49. The van der Waals surface area contributed by atoms with E-state index in [9.17, 15) is 0 Å². The normalized spacial score (nSPS) is 10.9. The van der Waals surface area contributed by atoms with E-state index in [-0.39, 0.29) is 0 Å². The topological polar surface area (TPSA) is 28.7 Å². The Hall–Kier alpha value is -1.02. The summed E-state index contributed by atoms with van der Waals surface area (Å²) in [4.78, 5) is 7.16. The van der Waals surface area contributed by atoms with Gasteiger partial charge in [0.2, 0.25) is 5.28 Å². The Morgan fingerprint density at radius 3 is 2.83 bits per heavy atom. The van der Waals surface area contributed by atoms with Crippen molar-refractivity contribution in [2.75, 3.05) is 0 Å². The number of nitrogens with zero attached hydrogens (tertiary/aromatic N) is 1. The lowest BCUT2D eigenvalue weighted by molar-refractivity contribution is 1.32. The maximum Gasteiger partial charge on any atom is 0.201 e. The molecule has 12 heavy (non-hydrogen) atoms. The van der Waals surface area contributed by atoms with Crippen molar-refractivity contribution in [1.82, 2.24) is 9.97 Å². The summed E-state index contributed by atoms with van der Waals surface area (Å²) >= 11 is 5.74. The van der Waals surface area contributed by atoms with E-state index in [0.29, 0.717) is 5.28 Å². The molecule has 1 aromatic heterocycles. The molecule has 0 atom stereocenters. The number of nitrogens with one attached hydrogen (secondary N) is 1. The monoisotopic (exact) mass is 180 g/mol. The molecule has 1 heterocycles. The minimum Gasteiger partial charge on any atom is -0.329 e.